The molecule has 0 saturated heterocycles. The molecule has 0 aliphatic rings. The Labute approximate surface area is 162 Å². The first-order chi connectivity index (χ1) is 13.6. The van der Waals surface area contributed by atoms with E-state index in [9.17, 15) is 20.0 Å². The van der Waals surface area contributed by atoms with E-state index in [-0.39, 0.29) is 12.1 Å². The quantitative estimate of drug-likeness (QED) is 0.693. The SMILES string of the molecule is N#Cc1ccccc1-c1ccc(CC(NC(=O)c2ccccn2)C(=O)O)cc1. The Kier molecular flexibility index (Phi) is 5.78. The Morgan fingerprint density at radius 3 is 2.39 bits per heavy atom. The standard InChI is InChI=1S/C22H17N3O3/c23-14-17-5-1-2-6-18(17)16-10-8-15(9-11-16)13-20(22(27)28)25-21(26)19-7-3-4-12-24-19/h1-12,20H,13H2,(H,25,26)(H,27,28). The molecule has 0 bridgehead atoms. The molecule has 3 rings (SSSR count). The van der Waals surface area contributed by atoms with Crippen LogP contribution in [0.1, 0.15) is 21.6 Å². The van der Waals surface area contributed by atoms with Crippen molar-refractivity contribution in [2.45, 2.75) is 12.5 Å². The number of nitriles is 1. The molecule has 1 aromatic heterocycles. The molecule has 0 spiro atoms. The Balaban J connectivity index is 1.75. The first kappa shape index (κ1) is 18.8. The lowest BCUT2D eigenvalue weighted by Gasteiger charge is -2.15. The van der Waals surface area contributed by atoms with Gasteiger partial charge in [-0.25, -0.2) is 4.79 Å². The molecule has 0 saturated carbocycles. The maximum Gasteiger partial charge on any atom is 0.326 e. The van der Waals surface area contributed by atoms with Gasteiger partial charge in [0.05, 0.1) is 11.6 Å². The first-order valence-corrected chi connectivity index (χ1v) is 8.61. The van der Waals surface area contributed by atoms with Crippen LogP contribution in [0.25, 0.3) is 11.1 Å². The fraction of sp³-hybridized carbons (Fsp3) is 0.0909. The maximum absolute atomic E-state index is 12.2. The van der Waals surface area contributed by atoms with Gasteiger partial charge < -0.3 is 10.4 Å². The zero-order valence-electron chi connectivity index (χ0n) is 14.9. The van der Waals surface area contributed by atoms with Crippen LogP contribution < -0.4 is 5.32 Å². The molecule has 0 fully saturated rings. The van der Waals surface area contributed by atoms with Crippen LogP contribution in [0.3, 0.4) is 0 Å². The molecule has 3 aromatic rings. The summed E-state index contributed by atoms with van der Waals surface area (Å²) in [6, 6.07) is 20.5. The van der Waals surface area contributed by atoms with Crippen LogP contribution in [0.4, 0.5) is 0 Å². The Bertz CT molecular complexity index is 1020. The Morgan fingerprint density at radius 2 is 1.75 bits per heavy atom. The monoisotopic (exact) mass is 371 g/mol. The number of carbonyl (C=O) groups is 2. The van der Waals surface area contributed by atoms with E-state index in [4.69, 9.17) is 0 Å². The molecule has 1 amide bonds. The van der Waals surface area contributed by atoms with E-state index in [2.05, 4.69) is 16.4 Å². The van der Waals surface area contributed by atoms with Crippen molar-refractivity contribution in [2.75, 3.05) is 0 Å². The molecule has 138 valence electrons. The lowest BCUT2D eigenvalue weighted by atomic mass is 9.97. The van der Waals surface area contributed by atoms with Crippen LogP contribution in [0.5, 0.6) is 0 Å². The molecular formula is C22H17N3O3. The number of nitrogens with one attached hydrogen (secondary N) is 1. The summed E-state index contributed by atoms with van der Waals surface area (Å²) in [4.78, 5) is 27.7. The average Bonchev–Trinajstić information content (AvgIpc) is 2.74. The minimum absolute atomic E-state index is 0.133. The highest BCUT2D eigenvalue weighted by Gasteiger charge is 2.21. The Morgan fingerprint density at radius 1 is 1.04 bits per heavy atom. The van der Waals surface area contributed by atoms with Crippen LogP contribution in [-0.4, -0.2) is 28.0 Å². The summed E-state index contributed by atoms with van der Waals surface area (Å²) in [5.74, 6) is -1.66. The van der Waals surface area contributed by atoms with Crippen molar-refractivity contribution in [1.29, 1.82) is 5.26 Å². The van der Waals surface area contributed by atoms with Crippen LogP contribution >= 0.6 is 0 Å². The third-order valence-corrected chi connectivity index (χ3v) is 4.25. The fourth-order valence-electron chi connectivity index (χ4n) is 2.82. The first-order valence-electron chi connectivity index (χ1n) is 8.61. The van der Waals surface area contributed by atoms with Gasteiger partial charge in [0.15, 0.2) is 0 Å². The fourth-order valence-corrected chi connectivity index (χ4v) is 2.82. The van der Waals surface area contributed by atoms with Crippen molar-refractivity contribution in [3.63, 3.8) is 0 Å². The second-order valence-corrected chi connectivity index (χ2v) is 6.14. The van der Waals surface area contributed by atoms with Gasteiger partial charge in [0.1, 0.15) is 11.7 Å². The van der Waals surface area contributed by atoms with E-state index in [0.29, 0.717) is 5.56 Å². The summed E-state index contributed by atoms with van der Waals surface area (Å²) >= 11 is 0. The van der Waals surface area contributed by atoms with E-state index in [1.165, 1.54) is 12.3 Å². The van der Waals surface area contributed by atoms with Crippen LogP contribution in [0.2, 0.25) is 0 Å². The normalized spacial score (nSPS) is 11.2. The molecule has 1 unspecified atom stereocenters. The maximum atomic E-state index is 12.2. The molecule has 0 aliphatic carbocycles. The number of benzene rings is 2. The van der Waals surface area contributed by atoms with Gasteiger partial charge in [0, 0.05) is 12.6 Å². The summed E-state index contributed by atoms with van der Waals surface area (Å²) in [6.07, 6.45) is 1.61. The number of nitrogens with zero attached hydrogens (tertiary/aromatic N) is 2. The van der Waals surface area contributed by atoms with Gasteiger partial charge in [-0.3, -0.25) is 9.78 Å². The molecule has 0 aliphatic heterocycles. The smallest absolute Gasteiger partial charge is 0.326 e. The zero-order chi connectivity index (χ0) is 19.9. The minimum Gasteiger partial charge on any atom is -0.480 e. The summed E-state index contributed by atoms with van der Waals surface area (Å²) in [7, 11) is 0. The number of amides is 1. The number of pyridine rings is 1. The molecular weight excluding hydrogens is 354 g/mol. The summed E-state index contributed by atoms with van der Waals surface area (Å²) in [5.41, 5.74) is 3.17. The summed E-state index contributed by atoms with van der Waals surface area (Å²) in [5, 5.41) is 21.2. The van der Waals surface area contributed by atoms with E-state index in [0.717, 1.165) is 16.7 Å². The van der Waals surface area contributed by atoms with E-state index < -0.39 is 17.9 Å². The second kappa shape index (κ2) is 8.60. The molecule has 1 atom stereocenters. The number of aliphatic carboxylic acids is 1. The number of hydrogen-bond donors (Lipinski definition) is 2. The number of rotatable bonds is 6. The van der Waals surface area contributed by atoms with Crippen LogP contribution in [-0.2, 0) is 11.2 Å². The third-order valence-electron chi connectivity index (χ3n) is 4.25. The van der Waals surface area contributed by atoms with Gasteiger partial charge in [-0.15, -0.1) is 0 Å². The molecule has 1 heterocycles. The van der Waals surface area contributed by atoms with Gasteiger partial charge in [-0.2, -0.15) is 5.26 Å². The number of carbonyl (C=O) groups excluding carboxylic acids is 1. The Hall–Kier alpha value is -3.98. The summed E-state index contributed by atoms with van der Waals surface area (Å²) < 4.78 is 0. The van der Waals surface area contributed by atoms with Gasteiger partial charge in [0.2, 0.25) is 0 Å². The topological polar surface area (TPSA) is 103 Å². The molecule has 6 nitrogen and oxygen atoms in total. The highest BCUT2D eigenvalue weighted by Crippen LogP contribution is 2.23. The predicted octanol–water partition coefficient (Wildman–Crippen LogP) is 3.05. The average molecular weight is 371 g/mol. The second-order valence-electron chi connectivity index (χ2n) is 6.14. The van der Waals surface area contributed by atoms with Gasteiger partial charge in [-0.1, -0.05) is 48.5 Å². The molecule has 2 N–H and O–H groups in total. The van der Waals surface area contributed by atoms with Gasteiger partial charge >= 0.3 is 5.97 Å². The number of aromatic nitrogens is 1. The number of carboxylic acid groups (broad SMARTS) is 1. The zero-order valence-corrected chi connectivity index (χ0v) is 14.9. The van der Waals surface area contributed by atoms with E-state index in [1.54, 1.807) is 36.4 Å². The molecule has 28 heavy (non-hydrogen) atoms. The number of hydrogen-bond acceptors (Lipinski definition) is 4. The molecule has 2 aromatic carbocycles. The predicted molar refractivity (Wildman–Crippen MR) is 103 cm³/mol. The highest BCUT2D eigenvalue weighted by molar-refractivity contribution is 5.94. The van der Waals surface area contributed by atoms with Crippen LogP contribution in [0.15, 0.2) is 72.9 Å². The van der Waals surface area contributed by atoms with E-state index in [1.807, 2.05) is 24.3 Å². The molecule has 6 heteroatoms. The number of carboxylic acids is 1. The minimum atomic E-state index is -1.12. The van der Waals surface area contributed by atoms with Crippen molar-refractivity contribution in [3.8, 4) is 17.2 Å². The van der Waals surface area contributed by atoms with Crippen molar-refractivity contribution >= 4 is 11.9 Å². The highest BCUT2D eigenvalue weighted by atomic mass is 16.4. The van der Waals surface area contributed by atoms with Crippen molar-refractivity contribution in [3.05, 3.63) is 89.7 Å². The largest absolute Gasteiger partial charge is 0.480 e. The lowest BCUT2D eigenvalue weighted by molar-refractivity contribution is -0.139. The molecule has 0 radical (unpaired) electrons. The van der Waals surface area contributed by atoms with Crippen LogP contribution in [0, 0.1) is 11.3 Å². The lowest BCUT2D eigenvalue weighted by Crippen LogP contribution is -2.42. The third kappa shape index (κ3) is 4.40. The van der Waals surface area contributed by atoms with Crippen molar-refractivity contribution < 1.29 is 14.7 Å². The van der Waals surface area contributed by atoms with Crippen molar-refractivity contribution in [2.24, 2.45) is 0 Å². The van der Waals surface area contributed by atoms with Gasteiger partial charge in [-0.05, 0) is 34.9 Å². The van der Waals surface area contributed by atoms with E-state index >= 15 is 0 Å². The van der Waals surface area contributed by atoms with Gasteiger partial charge in [0.25, 0.3) is 5.91 Å². The summed E-state index contributed by atoms with van der Waals surface area (Å²) in [6.45, 7) is 0. The van der Waals surface area contributed by atoms with Crippen molar-refractivity contribution in [1.82, 2.24) is 10.3 Å².